The molecule has 0 aliphatic rings. The second kappa shape index (κ2) is 12.9. The molecule has 2 rings (SSSR count). The minimum absolute atomic E-state index is 0.0312. The number of carbonyl (C=O) groups excluding carboxylic acids is 3. The lowest BCUT2D eigenvalue weighted by Gasteiger charge is -2.33. The molecule has 2 aromatic heterocycles. The van der Waals surface area contributed by atoms with Crippen LogP contribution in [0.1, 0.15) is 95.1 Å². The SMILES string of the molecule is CCCn1nnc(-c2onc(OC(C)C)c2CC(C(=O)OC(C)(C)C)N(C(=O)OC(C)(C)C)C(=O)OC(C)(C)C)n1. The highest BCUT2D eigenvalue weighted by Gasteiger charge is 2.44. The number of rotatable bonds is 9. The molecule has 0 N–H and O–H groups in total. The number of esters is 1. The lowest BCUT2D eigenvalue weighted by molar-refractivity contribution is -0.161. The van der Waals surface area contributed by atoms with Gasteiger partial charge in [0, 0.05) is 6.42 Å². The first-order valence-corrected chi connectivity index (χ1v) is 13.6. The Bertz CT molecular complexity index is 1170. The molecule has 1 atom stereocenters. The van der Waals surface area contributed by atoms with Gasteiger partial charge in [-0.25, -0.2) is 14.4 Å². The quantitative estimate of drug-likeness (QED) is 0.290. The van der Waals surface area contributed by atoms with Crippen molar-refractivity contribution < 1.29 is 37.9 Å². The van der Waals surface area contributed by atoms with E-state index in [2.05, 4.69) is 20.6 Å². The van der Waals surface area contributed by atoms with E-state index >= 15 is 0 Å². The first-order valence-electron chi connectivity index (χ1n) is 13.6. The van der Waals surface area contributed by atoms with Crippen molar-refractivity contribution in [3.8, 4) is 17.5 Å². The minimum Gasteiger partial charge on any atom is -0.473 e. The van der Waals surface area contributed by atoms with Crippen LogP contribution >= 0.6 is 0 Å². The number of hydrogen-bond acceptors (Lipinski definition) is 12. The van der Waals surface area contributed by atoms with Crippen molar-refractivity contribution in [3.63, 3.8) is 0 Å². The van der Waals surface area contributed by atoms with Gasteiger partial charge in [-0.3, -0.25) is 0 Å². The fourth-order valence-electron chi connectivity index (χ4n) is 3.39. The molecule has 0 aromatic carbocycles. The highest BCUT2D eigenvalue weighted by atomic mass is 16.6. The normalized spacial score (nSPS) is 13.1. The highest BCUT2D eigenvalue weighted by molar-refractivity contribution is 5.94. The summed E-state index contributed by atoms with van der Waals surface area (Å²) in [5, 5.41) is 16.5. The number of carbonyl (C=O) groups is 3. The van der Waals surface area contributed by atoms with E-state index in [0.717, 1.165) is 6.42 Å². The van der Waals surface area contributed by atoms with E-state index in [1.807, 2.05) is 6.92 Å². The summed E-state index contributed by atoms with van der Waals surface area (Å²) in [5.41, 5.74) is -2.72. The van der Waals surface area contributed by atoms with Crippen molar-refractivity contribution in [1.82, 2.24) is 30.3 Å². The Morgan fingerprint density at radius 2 is 1.44 bits per heavy atom. The van der Waals surface area contributed by atoms with Crippen molar-refractivity contribution in [2.75, 3.05) is 0 Å². The highest BCUT2D eigenvalue weighted by Crippen LogP contribution is 2.32. The predicted molar refractivity (Wildman–Crippen MR) is 147 cm³/mol. The maximum absolute atomic E-state index is 13.7. The number of nitrogens with zero attached hydrogens (tertiary/aromatic N) is 6. The number of hydrogen-bond donors (Lipinski definition) is 0. The summed E-state index contributed by atoms with van der Waals surface area (Å²) in [5.74, 6) is -0.711. The fraction of sp³-hybridized carbons (Fsp3) is 0.741. The maximum atomic E-state index is 13.7. The van der Waals surface area contributed by atoms with Crippen molar-refractivity contribution in [3.05, 3.63) is 5.56 Å². The van der Waals surface area contributed by atoms with Crippen LogP contribution in [0, 0.1) is 0 Å². The first kappa shape index (κ1) is 33.5. The molecular weight excluding hydrogens is 536 g/mol. The van der Waals surface area contributed by atoms with Crippen LogP contribution in [0.15, 0.2) is 4.52 Å². The van der Waals surface area contributed by atoms with Gasteiger partial charge in [0.05, 0.1) is 18.2 Å². The average Bonchev–Trinajstić information content (AvgIpc) is 3.36. The maximum Gasteiger partial charge on any atom is 0.420 e. The molecule has 230 valence electrons. The Morgan fingerprint density at radius 1 is 0.902 bits per heavy atom. The second-order valence-corrected chi connectivity index (χ2v) is 12.8. The van der Waals surface area contributed by atoms with E-state index in [1.54, 1.807) is 76.2 Å². The number of imide groups is 1. The van der Waals surface area contributed by atoms with E-state index < -0.39 is 41.0 Å². The molecule has 0 aliphatic heterocycles. The average molecular weight is 581 g/mol. The van der Waals surface area contributed by atoms with Crippen LogP contribution in [0.5, 0.6) is 5.88 Å². The molecule has 0 fully saturated rings. The molecular formula is C27H44N6O8. The Labute approximate surface area is 241 Å². The first-order chi connectivity index (χ1) is 18.7. The number of tetrazole rings is 1. The molecule has 0 saturated heterocycles. The molecule has 0 spiro atoms. The van der Waals surface area contributed by atoms with Gasteiger partial charge in [0.1, 0.15) is 22.8 Å². The minimum atomic E-state index is -1.57. The zero-order chi connectivity index (χ0) is 31.3. The molecule has 0 radical (unpaired) electrons. The summed E-state index contributed by atoms with van der Waals surface area (Å²) in [7, 11) is 0. The smallest absolute Gasteiger partial charge is 0.420 e. The Hall–Kier alpha value is -3.71. The number of amides is 2. The van der Waals surface area contributed by atoms with Gasteiger partial charge in [-0.15, -0.1) is 10.2 Å². The third-order valence-electron chi connectivity index (χ3n) is 4.75. The zero-order valence-electron chi connectivity index (χ0n) is 26.2. The molecule has 41 heavy (non-hydrogen) atoms. The van der Waals surface area contributed by atoms with E-state index in [4.69, 9.17) is 23.5 Å². The van der Waals surface area contributed by atoms with Gasteiger partial charge in [0.15, 0.2) is 0 Å². The number of aryl methyl sites for hydroxylation is 1. The lowest BCUT2D eigenvalue weighted by Crippen LogP contribution is -2.54. The lowest BCUT2D eigenvalue weighted by atomic mass is 10.0. The van der Waals surface area contributed by atoms with Gasteiger partial charge in [0.2, 0.25) is 11.6 Å². The molecule has 14 nitrogen and oxygen atoms in total. The summed E-state index contributed by atoms with van der Waals surface area (Å²) >= 11 is 0. The van der Waals surface area contributed by atoms with Crippen molar-refractivity contribution in [1.29, 1.82) is 0 Å². The third-order valence-corrected chi connectivity index (χ3v) is 4.75. The van der Waals surface area contributed by atoms with Gasteiger partial charge in [0.25, 0.3) is 5.88 Å². The van der Waals surface area contributed by atoms with Crippen LogP contribution in [-0.4, -0.2) is 77.4 Å². The molecule has 0 bridgehead atoms. The molecule has 1 unspecified atom stereocenters. The number of ether oxygens (including phenoxy) is 4. The Morgan fingerprint density at radius 3 is 1.90 bits per heavy atom. The summed E-state index contributed by atoms with van der Waals surface area (Å²) in [6.45, 7) is 20.9. The monoisotopic (exact) mass is 580 g/mol. The van der Waals surface area contributed by atoms with Gasteiger partial charge in [-0.1, -0.05) is 6.92 Å². The Balaban J connectivity index is 2.73. The van der Waals surface area contributed by atoms with E-state index in [0.29, 0.717) is 11.4 Å². The van der Waals surface area contributed by atoms with Crippen molar-refractivity contribution >= 4 is 18.2 Å². The van der Waals surface area contributed by atoms with Crippen LogP contribution in [0.4, 0.5) is 9.59 Å². The molecule has 0 aliphatic carbocycles. The molecule has 0 saturated carbocycles. The van der Waals surface area contributed by atoms with Crippen LogP contribution < -0.4 is 4.74 Å². The van der Waals surface area contributed by atoms with E-state index in [1.165, 1.54) is 4.80 Å². The van der Waals surface area contributed by atoms with Gasteiger partial charge in [-0.05, 0) is 93.0 Å². The third kappa shape index (κ3) is 10.3. The fourth-order valence-corrected chi connectivity index (χ4v) is 3.39. The molecule has 2 heterocycles. The number of aromatic nitrogens is 5. The van der Waals surface area contributed by atoms with E-state index in [9.17, 15) is 14.4 Å². The summed E-state index contributed by atoms with van der Waals surface area (Å²) in [6, 6.07) is -1.57. The molecule has 2 amide bonds. The van der Waals surface area contributed by atoms with Crippen LogP contribution in [0.25, 0.3) is 11.6 Å². The summed E-state index contributed by atoms with van der Waals surface area (Å²) < 4.78 is 28.1. The predicted octanol–water partition coefficient (Wildman–Crippen LogP) is 4.95. The standard InChI is InChI=1S/C27H44N6O8/c1-13-14-32-29-20(28-31-32)19-17(21(30-41-19)37-16(2)3)15-18(22(34)38-25(4,5)6)33(23(35)39-26(7,8)9)24(36)40-27(10,11)12/h16,18H,13-15H2,1-12H3. The molecule has 14 heteroatoms. The van der Waals surface area contributed by atoms with Crippen LogP contribution in [0.3, 0.4) is 0 Å². The van der Waals surface area contributed by atoms with Gasteiger partial charge >= 0.3 is 18.2 Å². The largest absolute Gasteiger partial charge is 0.473 e. The van der Waals surface area contributed by atoms with Crippen molar-refractivity contribution in [2.45, 2.75) is 131 Å². The molecule has 2 aromatic rings. The van der Waals surface area contributed by atoms with Crippen LogP contribution in [-0.2, 0) is 32.0 Å². The zero-order valence-corrected chi connectivity index (χ0v) is 26.2. The van der Waals surface area contributed by atoms with Crippen LogP contribution in [0.2, 0.25) is 0 Å². The summed E-state index contributed by atoms with van der Waals surface area (Å²) in [6.07, 6.45) is -2.10. The van der Waals surface area contributed by atoms with Gasteiger partial charge in [-0.2, -0.15) is 9.70 Å². The Kier molecular flexibility index (Phi) is 10.5. The van der Waals surface area contributed by atoms with E-state index in [-0.39, 0.29) is 35.6 Å². The topological polar surface area (TPSA) is 161 Å². The van der Waals surface area contributed by atoms with Crippen molar-refractivity contribution in [2.24, 2.45) is 0 Å². The van der Waals surface area contributed by atoms with Gasteiger partial charge < -0.3 is 23.5 Å². The summed E-state index contributed by atoms with van der Waals surface area (Å²) in [4.78, 5) is 42.7. The second-order valence-electron chi connectivity index (χ2n) is 12.8.